The Morgan fingerprint density at radius 3 is 2.27 bits per heavy atom. The van der Waals surface area contributed by atoms with Crippen LogP contribution in [0.25, 0.3) is 0 Å². The molecule has 1 fully saturated rings. The Kier molecular flexibility index (Phi) is 8.31. The molecule has 198 valence electrons. The zero-order valence-corrected chi connectivity index (χ0v) is 22.3. The molecule has 2 aromatic rings. The summed E-state index contributed by atoms with van der Waals surface area (Å²) in [4.78, 5) is 30.3. The first-order valence-electron chi connectivity index (χ1n) is 12.6. The van der Waals surface area contributed by atoms with E-state index in [1.807, 2.05) is 44.2 Å². The summed E-state index contributed by atoms with van der Waals surface area (Å²) in [5.74, 6) is -0.469. The SMILES string of the molecule is CCOC(=O)C1=C(CN2CCN(S(=O)(=O)c3ccccc3)C(C)C2)N(CC)C(=O)NC1c1ccccc1. The highest BCUT2D eigenvalue weighted by molar-refractivity contribution is 7.89. The number of amides is 2. The van der Waals surface area contributed by atoms with Crippen LogP contribution in [0.3, 0.4) is 0 Å². The standard InChI is InChI=1S/C27H34N4O5S/c1-4-30-23(24(26(32)36-5-2)25(28-27(30)33)21-12-8-6-9-13-21)19-29-16-17-31(20(3)18-29)37(34,35)22-14-10-7-11-15-22/h6-15,20,25H,4-5,16-19H2,1-3H3,(H,28,33). The van der Waals surface area contributed by atoms with E-state index in [-0.39, 0.29) is 23.6 Å². The van der Waals surface area contributed by atoms with Crippen molar-refractivity contribution in [3.63, 3.8) is 0 Å². The molecule has 9 nitrogen and oxygen atoms in total. The number of carbonyl (C=O) groups excluding carboxylic acids is 2. The van der Waals surface area contributed by atoms with Crippen LogP contribution in [-0.4, -0.2) is 79.9 Å². The number of hydrogen-bond donors (Lipinski definition) is 1. The molecule has 2 unspecified atom stereocenters. The number of carbonyl (C=O) groups is 2. The van der Waals surface area contributed by atoms with Crippen molar-refractivity contribution in [2.24, 2.45) is 0 Å². The lowest BCUT2D eigenvalue weighted by atomic mass is 9.94. The number of esters is 1. The summed E-state index contributed by atoms with van der Waals surface area (Å²) in [6, 6.07) is 16.6. The van der Waals surface area contributed by atoms with Crippen LogP contribution in [-0.2, 0) is 19.6 Å². The zero-order chi connectivity index (χ0) is 26.6. The minimum Gasteiger partial charge on any atom is -0.463 e. The highest BCUT2D eigenvalue weighted by atomic mass is 32.2. The summed E-state index contributed by atoms with van der Waals surface area (Å²) in [5.41, 5.74) is 1.78. The van der Waals surface area contributed by atoms with Gasteiger partial charge in [-0.05, 0) is 38.5 Å². The van der Waals surface area contributed by atoms with Crippen molar-refractivity contribution in [3.8, 4) is 0 Å². The second-order valence-corrected chi connectivity index (χ2v) is 11.0. The number of nitrogens with zero attached hydrogens (tertiary/aromatic N) is 3. The van der Waals surface area contributed by atoms with Crippen molar-refractivity contribution >= 4 is 22.0 Å². The molecule has 0 aromatic heterocycles. The van der Waals surface area contributed by atoms with Crippen LogP contribution in [0.1, 0.15) is 32.4 Å². The molecule has 0 spiro atoms. The van der Waals surface area contributed by atoms with Crippen molar-refractivity contribution in [1.82, 2.24) is 19.4 Å². The molecule has 4 rings (SSSR count). The van der Waals surface area contributed by atoms with Gasteiger partial charge in [0.05, 0.1) is 23.1 Å². The number of piperazine rings is 1. The van der Waals surface area contributed by atoms with Crippen LogP contribution in [0.4, 0.5) is 4.79 Å². The molecule has 2 aliphatic heterocycles. The summed E-state index contributed by atoms with van der Waals surface area (Å²) in [7, 11) is -3.62. The van der Waals surface area contributed by atoms with Gasteiger partial charge < -0.3 is 10.1 Å². The number of benzene rings is 2. The van der Waals surface area contributed by atoms with Crippen LogP contribution in [0.2, 0.25) is 0 Å². The molecule has 2 aliphatic rings. The summed E-state index contributed by atoms with van der Waals surface area (Å²) >= 11 is 0. The van der Waals surface area contributed by atoms with E-state index in [9.17, 15) is 18.0 Å². The van der Waals surface area contributed by atoms with Crippen LogP contribution < -0.4 is 5.32 Å². The Morgan fingerprint density at radius 2 is 1.68 bits per heavy atom. The molecule has 1 N–H and O–H groups in total. The number of likely N-dealkylation sites (N-methyl/N-ethyl adjacent to an activating group) is 1. The quantitative estimate of drug-likeness (QED) is 0.531. The number of sulfonamides is 1. The Bertz CT molecular complexity index is 1250. The van der Waals surface area contributed by atoms with Crippen LogP contribution in [0.15, 0.2) is 76.8 Å². The average Bonchev–Trinajstić information content (AvgIpc) is 2.89. The van der Waals surface area contributed by atoms with Crippen molar-refractivity contribution in [1.29, 1.82) is 0 Å². The van der Waals surface area contributed by atoms with E-state index < -0.39 is 22.0 Å². The van der Waals surface area contributed by atoms with E-state index in [2.05, 4.69) is 10.2 Å². The monoisotopic (exact) mass is 526 g/mol. The van der Waals surface area contributed by atoms with E-state index >= 15 is 0 Å². The summed E-state index contributed by atoms with van der Waals surface area (Å²) in [6.45, 7) is 7.63. The van der Waals surface area contributed by atoms with Gasteiger partial charge in [-0.3, -0.25) is 9.80 Å². The minimum atomic E-state index is -3.62. The van der Waals surface area contributed by atoms with E-state index in [0.717, 1.165) is 5.56 Å². The molecule has 2 atom stereocenters. The fourth-order valence-corrected chi connectivity index (χ4v) is 6.64. The highest BCUT2D eigenvalue weighted by Gasteiger charge is 2.40. The lowest BCUT2D eigenvalue weighted by Crippen LogP contribution is -2.56. The van der Waals surface area contributed by atoms with E-state index in [4.69, 9.17) is 4.74 Å². The number of hydrogen-bond acceptors (Lipinski definition) is 6. The molecule has 0 radical (unpaired) electrons. The van der Waals surface area contributed by atoms with Gasteiger partial charge in [-0.25, -0.2) is 18.0 Å². The predicted octanol–water partition coefficient (Wildman–Crippen LogP) is 2.99. The Balaban J connectivity index is 1.64. The number of urea groups is 1. The van der Waals surface area contributed by atoms with Crippen molar-refractivity contribution < 1.29 is 22.7 Å². The second-order valence-electron chi connectivity index (χ2n) is 9.13. The first-order chi connectivity index (χ1) is 17.8. The number of ether oxygens (including phenoxy) is 1. The molecule has 10 heteroatoms. The second kappa shape index (κ2) is 11.5. The number of nitrogens with one attached hydrogen (secondary N) is 1. The lowest BCUT2D eigenvalue weighted by Gasteiger charge is -2.42. The van der Waals surface area contributed by atoms with Gasteiger partial charge in [-0.1, -0.05) is 48.5 Å². The van der Waals surface area contributed by atoms with Gasteiger partial charge in [0.1, 0.15) is 0 Å². The van der Waals surface area contributed by atoms with Gasteiger partial charge in [0.2, 0.25) is 10.0 Å². The maximum Gasteiger partial charge on any atom is 0.338 e. The van der Waals surface area contributed by atoms with Crippen molar-refractivity contribution in [3.05, 3.63) is 77.5 Å². The van der Waals surface area contributed by atoms with Gasteiger partial charge in [0.15, 0.2) is 0 Å². The summed E-state index contributed by atoms with van der Waals surface area (Å²) in [5, 5.41) is 2.97. The Hall–Kier alpha value is -3.21. The molecular formula is C27H34N4O5S. The summed E-state index contributed by atoms with van der Waals surface area (Å²) in [6.07, 6.45) is 0. The van der Waals surface area contributed by atoms with Crippen molar-refractivity contribution in [2.75, 3.05) is 39.3 Å². The first kappa shape index (κ1) is 26.8. The normalized spacial score (nSPS) is 21.6. The van der Waals surface area contributed by atoms with Crippen molar-refractivity contribution in [2.45, 2.75) is 37.8 Å². The third kappa shape index (κ3) is 5.56. The van der Waals surface area contributed by atoms with E-state index in [1.54, 1.807) is 42.2 Å². The third-order valence-corrected chi connectivity index (χ3v) is 8.78. The average molecular weight is 527 g/mol. The molecule has 0 saturated carbocycles. The zero-order valence-electron chi connectivity index (χ0n) is 21.5. The largest absolute Gasteiger partial charge is 0.463 e. The topological polar surface area (TPSA) is 99.3 Å². The molecule has 2 aromatic carbocycles. The Morgan fingerprint density at radius 1 is 1.03 bits per heavy atom. The maximum atomic E-state index is 13.2. The molecule has 2 amide bonds. The summed E-state index contributed by atoms with van der Waals surface area (Å²) < 4.78 is 33.4. The highest BCUT2D eigenvalue weighted by Crippen LogP contribution is 2.32. The van der Waals surface area contributed by atoms with Gasteiger partial charge in [-0.15, -0.1) is 0 Å². The molecule has 1 saturated heterocycles. The third-order valence-electron chi connectivity index (χ3n) is 6.76. The van der Waals surface area contributed by atoms with E-state index in [0.29, 0.717) is 44.0 Å². The molecule has 0 bridgehead atoms. The molecule has 37 heavy (non-hydrogen) atoms. The van der Waals surface area contributed by atoms with Gasteiger partial charge in [-0.2, -0.15) is 4.31 Å². The van der Waals surface area contributed by atoms with Gasteiger partial charge in [0, 0.05) is 44.5 Å². The Labute approximate surface area is 218 Å². The molecule has 0 aliphatic carbocycles. The first-order valence-corrected chi connectivity index (χ1v) is 14.0. The van der Waals surface area contributed by atoms with E-state index in [1.165, 1.54) is 4.31 Å². The van der Waals surface area contributed by atoms with Gasteiger partial charge >= 0.3 is 12.0 Å². The van der Waals surface area contributed by atoms with Crippen LogP contribution in [0, 0.1) is 0 Å². The maximum absolute atomic E-state index is 13.2. The lowest BCUT2D eigenvalue weighted by molar-refractivity contribution is -0.139. The van der Waals surface area contributed by atoms with Gasteiger partial charge in [0.25, 0.3) is 0 Å². The number of rotatable bonds is 8. The predicted molar refractivity (Wildman–Crippen MR) is 140 cm³/mol. The van der Waals surface area contributed by atoms with Crippen LogP contribution >= 0.6 is 0 Å². The fourth-order valence-electron chi connectivity index (χ4n) is 5.01. The molecular weight excluding hydrogens is 492 g/mol. The fraction of sp³-hybridized carbons (Fsp3) is 0.407. The smallest absolute Gasteiger partial charge is 0.338 e. The van der Waals surface area contributed by atoms with Crippen LogP contribution in [0.5, 0.6) is 0 Å². The minimum absolute atomic E-state index is 0.213. The molecule has 2 heterocycles.